The van der Waals surface area contributed by atoms with Gasteiger partial charge in [0.05, 0.1) is 16.0 Å². The normalized spacial score (nSPS) is 10.9. The van der Waals surface area contributed by atoms with E-state index in [0.717, 1.165) is 27.9 Å². The lowest BCUT2D eigenvalue weighted by Crippen LogP contribution is -2.25. The van der Waals surface area contributed by atoms with Gasteiger partial charge in [-0.05, 0) is 24.1 Å². The second kappa shape index (κ2) is 6.91. The third-order valence-corrected chi connectivity index (χ3v) is 5.04. The lowest BCUT2D eigenvalue weighted by atomic mass is 10.1. The summed E-state index contributed by atoms with van der Waals surface area (Å²) in [6.45, 7) is 0.624. The summed E-state index contributed by atoms with van der Waals surface area (Å²) in [7, 11) is 0. The summed E-state index contributed by atoms with van der Waals surface area (Å²) < 4.78 is 0. The number of hydrogen-bond acceptors (Lipinski definition) is 3. The highest BCUT2D eigenvalue weighted by Gasteiger charge is 2.13. The molecule has 4 nitrogen and oxygen atoms in total. The van der Waals surface area contributed by atoms with Crippen LogP contribution in [0.1, 0.15) is 15.9 Å². The highest BCUT2D eigenvalue weighted by Crippen LogP contribution is 2.31. The van der Waals surface area contributed by atoms with Crippen LogP contribution in [0.5, 0.6) is 0 Å². The first-order valence-corrected chi connectivity index (χ1v) is 9.03. The van der Waals surface area contributed by atoms with E-state index in [-0.39, 0.29) is 5.91 Å². The number of thiophene rings is 1. The number of carbonyl (C=O) groups is 1. The molecule has 0 aliphatic rings. The number of para-hydroxylation sites is 1. The van der Waals surface area contributed by atoms with Gasteiger partial charge in [0.2, 0.25) is 0 Å². The molecule has 124 valence electrons. The van der Waals surface area contributed by atoms with Crippen molar-refractivity contribution < 1.29 is 4.79 Å². The number of H-pyrrole nitrogens is 1. The Labute approximate surface area is 149 Å². The highest BCUT2D eigenvalue weighted by molar-refractivity contribution is 7.14. The van der Waals surface area contributed by atoms with Gasteiger partial charge in [0.15, 0.2) is 0 Å². The average molecular weight is 347 g/mol. The van der Waals surface area contributed by atoms with Crippen LogP contribution in [0, 0.1) is 0 Å². The summed E-state index contributed by atoms with van der Waals surface area (Å²) >= 11 is 1.54. The molecule has 0 atom stereocenters. The maximum absolute atomic E-state index is 12.3. The average Bonchev–Trinajstić information content (AvgIpc) is 3.29. The fourth-order valence-electron chi connectivity index (χ4n) is 2.80. The van der Waals surface area contributed by atoms with Crippen molar-refractivity contribution >= 4 is 28.1 Å². The van der Waals surface area contributed by atoms with Gasteiger partial charge in [0.1, 0.15) is 5.69 Å². The summed E-state index contributed by atoms with van der Waals surface area (Å²) in [6, 6.07) is 20.1. The van der Waals surface area contributed by atoms with Crippen LogP contribution in [-0.2, 0) is 6.42 Å². The first-order valence-electron chi connectivity index (χ1n) is 8.15. The van der Waals surface area contributed by atoms with E-state index in [9.17, 15) is 4.79 Å². The molecule has 0 bridgehead atoms. The van der Waals surface area contributed by atoms with Crippen molar-refractivity contribution in [2.24, 2.45) is 0 Å². The Morgan fingerprint density at radius 2 is 1.88 bits per heavy atom. The molecule has 0 unspecified atom stereocenters. The van der Waals surface area contributed by atoms with Gasteiger partial charge in [-0.25, -0.2) is 0 Å². The van der Waals surface area contributed by atoms with Gasteiger partial charge < -0.3 is 5.32 Å². The van der Waals surface area contributed by atoms with E-state index < -0.39 is 0 Å². The van der Waals surface area contributed by atoms with Crippen molar-refractivity contribution in [2.45, 2.75) is 6.42 Å². The maximum Gasteiger partial charge on any atom is 0.252 e. The minimum atomic E-state index is -0.0433. The molecule has 0 aliphatic carbocycles. The molecule has 0 saturated carbocycles. The quantitative estimate of drug-likeness (QED) is 0.566. The van der Waals surface area contributed by atoms with Crippen molar-refractivity contribution in [3.05, 3.63) is 77.2 Å². The predicted molar refractivity (Wildman–Crippen MR) is 102 cm³/mol. The lowest BCUT2D eigenvalue weighted by molar-refractivity contribution is 0.0954. The third kappa shape index (κ3) is 3.32. The zero-order chi connectivity index (χ0) is 17.1. The number of rotatable bonds is 5. The van der Waals surface area contributed by atoms with Crippen LogP contribution >= 0.6 is 11.3 Å². The predicted octanol–water partition coefficient (Wildman–Crippen LogP) is 4.26. The van der Waals surface area contributed by atoms with Crippen molar-refractivity contribution in [1.29, 1.82) is 0 Å². The Hall–Kier alpha value is -2.92. The van der Waals surface area contributed by atoms with Crippen molar-refractivity contribution in [3.63, 3.8) is 0 Å². The van der Waals surface area contributed by atoms with Crippen LogP contribution in [0.4, 0.5) is 0 Å². The Bertz CT molecular complexity index is 1000. The molecule has 0 aliphatic heterocycles. The molecule has 1 amide bonds. The van der Waals surface area contributed by atoms with E-state index in [4.69, 9.17) is 0 Å². The molecular weight excluding hydrogens is 330 g/mol. The fraction of sp³-hybridized carbons (Fsp3) is 0.100. The number of nitrogens with one attached hydrogen (secondary N) is 2. The highest BCUT2D eigenvalue weighted by atomic mass is 32.1. The van der Waals surface area contributed by atoms with Crippen LogP contribution in [0.25, 0.3) is 21.5 Å². The SMILES string of the molecule is O=C(NCCc1ccccc1)c1csc(-c2n[nH]c3ccccc23)c1. The summed E-state index contributed by atoms with van der Waals surface area (Å²) in [5, 5.41) is 13.4. The van der Waals surface area contributed by atoms with Crippen LogP contribution in [0.2, 0.25) is 0 Å². The van der Waals surface area contributed by atoms with Gasteiger partial charge in [0.25, 0.3) is 5.91 Å². The number of fused-ring (bicyclic) bond motifs is 1. The molecule has 0 radical (unpaired) electrons. The number of hydrogen-bond donors (Lipinski definition) is 2. The van der Waals surface area contributed by atoms with E-state index in [1.165, 1.54) is 16.9 Å². The van der Waals surface area contributed by atoms with Gasteiger partial charge in [0, 0.05) is 17.3 Å². The van der Waals surface area contributed by atoms with Gasteiger partial charge in [-0.2, -0.15) is 5.10 Å². The molecule has 0 spiro atoms. The molecule has 0 saturated heterocycles. The molecule has 0 fully saturated rings. The van der Waals surface area contributed by atoms with E-state index in [1.807, 2.05) is 53.9 Å². The molecule has 4 aromatic rings. The fourth-order valence-corrected chi connectivity index (χ4v) is 3.69. The van der Waals surface area contributed by atoms with E-state index in [0.29, 0.717) is 12.1 Å². The number of nitrogens with zero attached hydrogens (tertiary/aromatic N) is 1. The summed E-state index contributed by atoms with van der Waals surface area (Å²) in [5.74, 6) is -0.0433. The molecule has 4 rings (SSSR count). The van der Waals surface area contributed by atoms with Crippen LogP contribution in [0.15, 0.2) is 66.0 Å². The molecule has 2 aromatic heterocycles. The molecular formula is C20H17N3OS. The van der Waals surface area contributed by atoms with Crippen molar-refractivity contribution in [1.82, 2.24) is 15.5 Å². The van der Waals surface area contributed by atoms with Crippen molar-refractivity contribution in [2.75, 3.05) is 6.54 Å². The van der Waals surface area contributed by atoms with E-state index in [1.54, 1.807) is 0 Å². The summed E-state index contributed by atoms with van der Waals surface area (Å²) in [6.07, 6.45) is 0.827. The van der Waals surface area contributed by atoms with Gasteiger partial charge in [-0.1, -0.05) is 48.5 Å². The van der Waals surface area contributed by atoms with Gasteiger partial charge in [-0.15, -0.1) is 11.3 Å². The number of amides is 1. The first-order chi connectivity index (χ1) is 12.3. The van der Waals surface area contributed by atoms with Gasteiger partial charge in [-0.3, -0.25) is 9.89 Å². The third-order valence-electron chi connectivity index (χ3n) is 4.11. The Kier molecular flexibility index (Phi) is 4.31. The second-order valence-corrected chi connectivity index (χ2v) is 6.72. The van der Waals surface area contributed by atoms with Gasteiger partial charge >= 0.3 is 0 Å². The van der Waals surface area contributed by atoms with E-state index in [2.05, 4.69) is 27.6 Å². The second-order valence-electron chi connectivity index (χ2n) is 5.81. The zero-order valence-electron chi connectivity index (χ0n) is 13.5. The van der Waals surface area contributed by atoms with Crippen LogP contribution in [-0.4, -0.2) is 22.6 Å². The molecule has 2 N–H and O–H groups in total. The smallest absolute Gasteiger partial charge is 0.252 e. The molecule has 5 heteroatoms. The monoisotopic (exact) mass is 347 g/mol. The topological polar surface area (TPSA) is 57.8 Å². The largest absolute Gasteiger partial charge is 0.352 e. The standard InChI is InChI=1S/C20H17N3OS/c24-20(21-11-10-14-6-2-1-3-7-14)15-12-18(25-13-15)19-16-8-4-5-9-17(16)22-23-19/h1-9,12-13H,10-11H2,(H,21,24)(H,22,23). The lowest BCUT2D eigenvalue weighted by Gasteiger charge is -2.03. The van der Waals surface area contributed by atoms with Crippen LogP contribution in [0.3, 0.4) is 0 Å². The minimum absolute atomic E-state index is 0.0433. The summed E-state index contributed by atoms with van der Waals surface area (Å²) in [4.78, 5) is 13.3. The number of carbonyl (C=O) groups excluding carboxylic acids is 1. The molecule has 2 heterocycles. The Balaban J connectivity index is 1.45. The van der Waals surface area contributed by atoms with E-state index >= 15 is 0 Å². The minimum Gasteiger partial charge on any atom is -0.352 e. The number of aromatic nitrogens is 2. The number of aromatic amines is 1. The Morgan fingerprint density at radius 3 is 2.76 bits per heavy atom. The first kappa shape index (κ1) is 15.6. The van der Waals surface area contributed by atoms with Crippen LogP contribution < -0.4 is 5.32 Å². The maximum atomic E-state index is 12.3. The zero-order valence-corrected chi connectivity index (χ0v) is 14.3. The summed E-state index contributed by atoms with van der Waals surface area (Å²) in [5.41, 5.74) is 3.79. The Morgan fingerprint density at radius 1 is 1.08 bits per heavy atom. The molecule has 2 aromatic carbocycles. The molecule has 25 heavy (non-hydrogen) atoms. The number of benzene rings is 2. The van der Waals surface area contributed by atoms with Crippen molar-refractivity contribution in [3.8, 4) is 10.6 Å².